The fourth-order valence-electron chi connectivity index (χ4n) is 4.28. The van der Waals surface area contributed by atoms with Crippen LogP contribution in [0.3, 0.4) is 0 Å². The van der Waals surface area contributed by atoms with Gasteiger partial charge in [0.25, 0.3) is 5.56 Å². The highest BCUT2D eigenvalue weighted by Gasteiger charge is 2.19. The number of halogens is 1. The number of fused-ring (bicyclic) bond motifs is 1. The van der Waals surface area contributed by atoms with Crippen LogP contribution in [0.1, 0.15) is 43.4 Å². The summed E-state index contributed by atoms with van der Waals surface area (Å²) in [5.74, 6) is 4.61. The van der Waals surface area contributed by atoms with Gasteiger partial charge in [-0.15, -0.1) is 6.42 Å². The van der Waals surface area contributed by atoms with E-state index in [1.54, 1.807) is 37.6 Å². The van der Waals surface area contributed by atoms with Crippen molar-refractivity contribution in [2.45, 2.75) is 33.6 Å². The Morgan fingerprint density at radius 1 is 1.15 bits per heavy atom. The summed E-state index contributed by atoms with van der Waals surface area (Å²) < 4.78 is 18.2. The minimum absolute atomic E-state index is 0.0499. The van der Waals surface area contributed by atoms with Gasteiger partial charge in [-0.3, -0.25) is 4.79 Å². The third kappa shape index (κ3) is 5.76. The predicted octanol–water partition coefficient (Wildman–Crippen LogP) is 6.45. The van der Waals surface area contributed by atoms with E-state index in [9.17, 15) is 4.79 Å². The van der Waals surface area contributed by atoms with Crippen molar-refractivity contribution in [2.24, 2.45) is 5.10 Å². The highest BCUT2D eigenvalue weighted by atomic mass is 35.5. The van der Waals surface area contributed by atoms with Crippen LogP contribution in [-0.4, -0.2) is 36.2 Å². The van der Waals surface area contributed by atoms with E-state index in [0.717, 1.165) is 22.4 Å². The Hall–Kier alpha value is -4.28. The quantitative estimate of drug-likeness (QED) is 0.179. The number of rotatable bonds is 9. The second kappa shape index (κ2) is 12.1. The lowest BCUT2D eigenvalue weighted by Gasteiger charge is -2.17. The molecule has 0 aliphatic rings. The first-order valence-electron chi connectivity index (χ1n) is 12.6. The van der Waals surface area contributed by atoms with Crippen molar-refractivity contribution < 1.29 is 14.2 Å². The molecule has 0 saturated heterocycles. The molecule has 1 heterocycles. The summed E-state index contributed by atoms with van der Waals surface area (Å²) in [6.45, 7) is 8.44. The largest absolute Gasteiger partial charge is 0.496 e. The van der Waals surface area contributed by atoms with Crippen molar-refractivity contribution in [2.75, 3.05) is 20.3 Å². The van der Waals surface area contributed by atoms with Gasteiger partial charge >= 0.3 is 0 Å². The molecular weight excluding hydrogens is 514 g/mol. The van der Waals surface area contributed by atoms with Gasteiger partial charge in [0.1, 0.15) is 12.4 Å². The van der Waals surface area contributed by atoms with E-state index >= 15 is 0 Å². The normalized spacial score (nSPS) is 11.2. The molecule has 200 valence electrons. The van der Waals surface area contributed by atoms with E-state index in [1.807, 2.05) is 38.1 Å². The Bertz CT molecular complexity index is 1650. The smallest absolute Gasteiger partial charge is 0.282 e. The topological polar surface area (TPSA) is 74.9 Å². The molecule has 0 radical (unpaired) electrons. The maximum Gasteiger partial charge on any atom is 0.282 e. The number of para-hydroxylation sites is 1. The highest BCUT2D eigenvalue weighted by molar-refractivity contribution is 6.32. The number of hydrogen-bond donors (Lipinski definition) is 0. The van der Waals surface area contributed by atoms with Gasteiger partial charge in [0.2, 0.25) is 0 Å². The number of aromatic nitrogens is 2. The Kier molecular flexibility index (Phi) is 8.58. The highest BCUT2D eigenvalue weighted by Crippen LogP contribution is 2.37. The van der Waals surface area contributed by atoms with Crippen LogP contribution in [0.15, 0.2) is 58.4 Å². The van der Waals surface area contributed by atoms with Gasteiger partial charge < -0.3 is 14.2 Å². The van der Waals surface area contributed by atoms with Crippen LogP contribution in [0.5, 0.6) is 17.2 Å². The molecule has 8 heteroatoms. The zero-order chi connectivity index (χ0) is 28.1. The summed E-state index contributed by atoms with van der Waals surface area (Å²) in [7, 11) is 1.65. The van der Waals surface area contributed by atoms with Crippen LogP contribution >= 0.6 is 11.6 Å². The molecule has 7 nitrogen and oxygen atoms in total. The Morgan fingerprint density at radius 3 is 2.62 bits per heavy atom. The first kappa shape index (κ1) is 27.7. The number of terminal acetylenes is 1. The average Bonchev–Trinajstić information content (AvgIpc) is 2.92. The maximum atomic E-state index is 13.7. The van der Waals surface area contributed by atoms with Crippen LogP contribution in [0, 0.1) is 19.3 Å². The lowest BCUT2D eigenvalue weighted by atomic mass is 9.96. The Balaban J connectivity index is 1.92. The van der Waals surface area contributed by atoms with Gasteiger partial charge in [0, 0.05) is 5.56 Å². The number of nitrogens with zero attached hydrogens (tertiary/aromatic N) is 3. The molecule has 1 aromatic heterocycles. The molecule has 0 spiro atoms. The maximum absolute atomic E-state index is 13.7. The SMILES string of the molecule is C#CCOc1c(Cl)cc(C=Nn2c(-c3cc(C(C)C)c(OC)cc3C)nc3ccccc3c2=O)cc1OCC. The second-order valence-corrected chi connectivity index (χ2v) is 9.54. The van der Waals surface area contributed by atoms with Crippen molar-refractivity contribution in [3.05, 3.63) is 80.6 Å². The fourth-order valence-corrected chi connectivity index (χ4v) is 4.55. The van der Waals surface area contributed by atoms with Gasteiger partial charge in [-0.05, 0) is 72.9 Å². The van der Waals surface area contributed by atoms with Gasteiger partial charge in [-0.1, -0.05) is 43.5 Å². The zero-order valence-electron chi connectivity index (χ0n) is 22.6. The van der Waals surface area contributed by atoms with Gasteiger partial charge in [0.15, 0.2) is 17.3 Å². The van der Waals surface area contributed by atoms with E-state index in [-0.39, 0.29) is 18.1 Å². The first-order valence-corrected chi connectivity index (χ1v) is 12.9. The van der Waals surface area contributed by atoms with Crippen LogP contribution in [0.25, 0.3) is 22.3 Å². The van der Waals surface area contributed by atoms with Crippen molar-refractivity contribution in [1.82, 2.24) is 9.66 Å². The zero-order valence-corrected chi connectivity index (χ0v) is 23.4. The van der Waals surface area contributed by atoms with Crippen molar-refractivity contribution in [3.8, 4) is 41.0 Å². The molecule has 0 amide bonds. The Morgan fingerprint density at radius 2 is 1.92 bits per heavy atom. The van der Waals surface area contributed by atoms with E-state index < -0.39 is 0 Å². The monoisotopic (exact) mass is 543 g/mol. The molecule has 3 aromatic carbocycles. The first-order chi connectivity index (χ1) is 18.8. The molecule has 0 bridgehead atoms. The van der Waals surface area contributed by atoms with E-state index in [4.69, 9.17) is 37.2 Å². The third-order valence-corrected chi connectivity index (χ3v) is 6.43. The molecular formula is C31H30ClN3O4. The van der Waals surface area contributed by atoms with Crippen LogP contribution < -0.4 is 19.8 Å². The van der Waals surface area contributed by atoms with Crippen molar-refractivity contribution >= 4 is 28.7 Å². The lowest BCUT2D eigenvalue weighted by Crippen LogP contribution is -2.20. The molecule has 0 aliphatic heterocycles. The average molecular weight is 544 g/mol. The molecule has 39 heavy (non-hydrogen) atoms. The minimum Gasteiger partial charge on any atom is -0.496 e. The molecule has 0 N–H and O–H groups in total. The predicted molar refractivity (Wildman–Crippen MR) is 157 cm³/mol. The number of benzene rings is 3. The molecule has 0 atom stereocenters. The molecule has 0 unspecified atom stereocenters. The van der Waals surface area contributed by atoms with E-state index in [1.165, 1.54) is 4.68 Å². The van der Waals surface area contributed by atoms with E-state index in [2.05, 4.69) is 24.9 Å². The van der Waals surface area contributed by atoms with Gasteiger partial charge in [-0.2, -0.15) is 9.78 Å². The summed E-state index contributed by atoms with van der Waals surface area (Å²) >= 11 is 6.49. The summed E-state index contributed by atoms with van der Waals surface area (Å²) in [6.07, 6.45) is 6.88. The molecule has 4 rings (SSSR count). The summed E-state index contributed by atoms with van der Waals surface area (Å²) in [6, 6.07) is 14.6. The molecule has 0 fully saturated rings. The van der Waals surface area contributed by atoms with Gasteiger partial charge in [0.05, 0.1) is 35.9 Å². The standard InChI is InChI=1S/C31H30ClN3O4/c1-7-13-39-29-25(32)15-21(16-28(29)38-8-2)18-33-35-30(34-26-12-10-9-11-22(26)31(35)36)24-17-23(19(3)4)27(37-6)14-20(24)5/h1,9-12,14-19H,8,13H2,2-6H3. The fraction of sp³-hybridized carbons (Fsp3) is 0.258. The summed E-state index contributed by atoms with van der Waals surface area (Å²) in [4.78, 5) is 18.6. The summed E-state index contributed by atoms with van der Waals surface area (Å²) in [5.41, 5.74) is 3.59. The minimum atomic E-state index is -0.293. The van der Waals surface area contributed by atoms with Crippen LogP contribution in [-0.2, 0) is 0 Å². The van der Waals surface area contributed by atoms with Crippen molar-refractivity contribution in [3.63, 3.8) is 0 Å². The van der Waals surface area contributed by atoms with Crippen LogP contribution in [0.2, 0.25) is 5.02 Å². The number of hydrogen-bond acceptors (Lipinski definition) is 6. The molecule has 0 aliphatic carbocycles. The number of ether oxygens (including phenoxy) is 3. The third-order valence-electron chi connectivity index (χ3n) is 6.15. The molecule has 4 aromatic rings. The lowest BCUT2D eigenvalue weighted by molar-refractivity contribution is 0.299. The van der Waals surface area contributed by atoms with Crippen LogP contribution in [0.4, 0.5) is 0 Å². The van der Waals surface area contributed by atoms with Crippen molar-refractivity contribution in [1.29, 1.82) is 0 Å². The Labute approximate surface area is 233 Å². The van der Waals surface area contributed by atoms with Gasteiger partial charge in [-0.25, -0.2) is 4.98 Å². The number of methoxy groups -OCH3 is 1. The molecule has 0 saturated carbocycles. The second-order valence-electron chi connectivity index (χ2n) is 9.13. The number of aryl methyl sites for hydroxylation is 1. The summed E-state index contributed by atoms with van der Waals surface area (Å²) in [5, 5.41) is 5.37. The van der Waals surface area contributed by atoms with E-state index in [0.29, 0.717) is 45.4 Å².